The van der Waals surface area contributed by atoms with Crippen molar-refractivity contribution in [3.05, 3.63) is 77.8 Å². The van der Waals surface area contributed by atoms with Gasteiger partial charge in [-0.1, -0.05) is 36.4 Å². The molecule has 110 valence electrons. The third-order valence-electron chi connectivity index (χ3n) is 2.87. The molecule has 0 saturated carbocycles. The summed E-state index contributed by atoms with van der Waals surface area (Å²) in [6, 6.07) is 16.9. The van der Waals surface area contributed by atoms with Gasteiger partial charge in [0.25, 0.3) is 5.91 Å². The van der Waals surface area contributed by atoms with E-state index in [1.54, 1.807) is 6.07 Å². The Labute approximate surface area is 127 Å². The highest BCUT2D eigenvalue weighted by molar-refractivity contribution is 5.97. The zero-order valence-electron chi connectivity index (χ0n) is 11.7. The Bertz CT molecular complexity index is 720. The third kappa shape index (κ3) is 4.46. The minimum Gasteiger partial charge on any atom is -0.360 e. The average Bonchev–Trinajstić information content (AvgIpc) is 2.54. The largest absolute Gasteiger partial charge is 0.360 e. The van der Waals surface area contributed by atoms with Crippen LogP contribution in [0.25, 0.3) is 0 Å². The molecule has 0 aromatic heterocycles. The molecule has 0 aliphatic carbocycles. The Morgan fingerprint density at radius 1 is 1.18 bits per heavy atom. The lowest BCUT2D eigenvalue weighted by Gasteiger charge is -2.05. The number of hydrogen-bond donors (Lipinski definition) is 2. The highest BCUT2D eigenvalue weighted by atomic mass is 19.1. The smallest absolute Gasteiger partial charge is 0.263 e. The van der Waals surface area contributed by atoms with Crippen molar-refractivity contribution in [3.8, 4) is 6.07 Å². The molecule has 2 rings (SSSR count). The molecular formula is C17H14FN3O. The maximum absolute atomic E-state index is 13.0. The van der Waals surface area contributed by atoms with Crippen LogP contribution in [0, 0.1) is 17.1 Å². The molecule has 0 bridgehead atoms. The van der Waals surface area contributed by atoms with Crippen LogP contribution < -0.4 is 10.6 Å². The van der Waals surface area contributed by atoms with Crippen LogP contribution in [0.2, 0.25) is 0 Å². The molecule has 0 radical (unpaired) electrons. The molecule has 0 fully saturated rings. The number of hydrogen-bond acceptors (Lipinski definition) is 3. The van der Waals surface area contributed by atoms with Crippen LogP contribution in [0.4, 0.5) is 10.1 Å². The van der Waals surface area contributed by atoms with E-state index in [1.807, 2.05) is 36.4 Å². The van der Waals surface area contributed by atoms with Gasteiger partial charge in [0, 0.05) is 18.4 Å². The second kappa shape index (κ2) is 7.60. The van der Waals surface area contributed by atoms with Crippen molar-refractivity contribution in [2.75, 3.05) is 5.32 Å². The van der Waals surface area contributed by atoms with E-state index in [1.165, 1.54) is 24.4 Å². The van der Waals surface area contributed by atoms with Gasteiger partial charge in [-0.15, -0.1) is 0 Å². The number of carbonyl (C=O) groups excluding carboxylic acids is 1. The first kappa shape index (κ1) is 15.3. The zero-order valence-corrected chi connectivity index (χ0v) is 11.7. The minimum atomic E-state index is -0.491. The first-order chi connectivity index (χ1) is 10.7. The van der Waals surface area contributed by atoms with E-state index in [9.17, 15) is 9.18 Å². The minimum absolute atomic E-state index is 0.0832. The van der Waals surface area contributed by atoms with Gasteiger partial charge in [0.05, 0.1) is 0 Å². The van der Waals surface area contributed by atoms with Gasteiger partial charge in [0.15, 0.2) is 0 Å². The molecule has 0 saturated heterocycles. The van der Waals surface area contributed by atoms with Crippen molar-refractivity contribution in [2.24, 2.45) is 0 Å². The average molecular weight is 295 g/mol. The van der Waals surface area contributed by atoms with Crippen molar-refractivity contribution in [2.45, 2.75) is 6.54 Å². The molecule has 5 heteroatoms. The summed E-state index contributed by atoms with van der Waals surface area (Å²) in [6.07, 6.45) is 1.26. The summed E-state index contributed by atoms with van der Waals surface area (Å²) < 4.78 is 13.0. The van der Waals surface area contributed by atoms with Crippen molar-refractivity contribution < 1.29 is 9.18 Å². The number of halogens is 1. The number of benzene rings is 2. The fraction of sp³-hybridized carbons (Fsp3) is 0.0588. The highest BCUT2D eigenvalue weighted by Gasteiger charge is 2.08. The molecule has 4 nitrogen and oxygen atoms in total. The monoisotopic (exact) mass is 295 g/mol. The quantitative estimate of drug-likeness (QED) is 0.658. The Morgan fingerprint density at radius 3 is 2.64 bits per heavy atom. The lowest BCUT2D eigenvalue weighted by Crippen LogP contribution is -2.24. The van der Waals surface area contributed by atoms with E-state index in [2.05, 4.69) is 10.6 Å². The topological polar surface area (TPSA) is 64.9 Å². The number of carbonyl (C=O) groups is 1. The molecule has 0 aliphatic rings. The van der Waals surface area contributed by atoms with Crippen LogP contribution >= 0.6 is 0 Å². The number of rotatable bonds is 5. The van der Waals surface area contributed by atoms with E-state index in [-0.39, 0.29) is 5.57 Å². The maximum atomic E-state index is 13.0. The molecule has 0 heterocycles. The van der Waals surface area contributed by atoms with E-state index in [4.69, 9.17) is 5.26 Å². The normalized spacial score (nSPS) is 10.6. The van der Waals surface area contributed by atoms with Gasteiger partial charge in [-0.3, -0.25) is 4.79 Å². The Hall–Kier alpha value is -3.13. The molecule has 0 aliphatic heterocycles. The lowest BCUT2D eigenvalue weighted by molar-refractivity contribution is -0.117. The number of nitrogens with one attached hydrogen (secondary N) is 2. The first-order valence-electron chi connectivity index (χ1n) is 6.63. The first-order valence-corrected chi connectivity index (χ1v) is 6.63. The predicted molar refractivity (Wildman–Crippen MR) is 82.0 cm³/mol. The molecule has 2 aromatic rings. The van der Waals surface area contributed by atoms with Gasteiger partial charge in [-0.05, 0) is 23.8 Å². The Balaban J connectivity index is 1.97. The highest BCUT2D eigenvalue weighted by Crippen LogP contribution is 2.09. The van der Waals surface area contributed by atoms with Crippen LogP contribution in [0.15, 0.2) is 66.4 Å². The third-order valence-corrected chi connectivity index (χ3v) is 2.87. The lowest BCUT2D eigenvalue weighted by atomic mass is 10.2. The second-order valence-electron chi connectivity index (χ2n) is 4.49. The molecule has 0 spiro atoms. The fourth-order valence-corrected chi connectivity index (χ4v) is 1.76. The summed E-state index contributed by atoms with van der Waals surface area (Å²) in [5, 5.41) is 14.4. The molecule has 0 atom stereocenters. The van der Waals surface area contributed by atoms with Crippen molar-refractivity contribution >= 4 is 11.6 Å². The predicted octanol–water partition coefficient (Wildman–Crippen LogP) is 2.96. The van der Waals surface area contributed by atoms with Crippen LogP contribution in [0.5, 0.6) is 0 Å². The van der Waals surface area contributed by atoms with Gasteiger partial charge >= 0.3 is 0 Å². The number of nitriles is 1. The molecule has 0 unspecified atom stereocenters. The number of anilines is 1. The van der Waals surface area contributed by atoms with Crippen molar-refractivity contribution in [1.82, 2.24) is 5.32 Å². The summed E-state index contributed by atoms with van der Waals surface area (Å²) >= 11 is 0. The number of amides is 1. The summed E-state index contributed by atoms with van der Waals surface area (Å²) in [5.41, 5.74) is 1.31. The van der Waals surface area contributed by atoms with E-state index in [0.717, 1.165) is 5.56 Å². The van der Waals surface area contributed by atoms with E-state index >= 15 is 0 Å². The molecule has 22 heavy (non-hydrogen) atoms. The zero-order chi connectivity index (χ0) is 15.8. The van der Waals surface area contributed by atoms with E-state index in [0.29, 0.717) is 12.2 Å². The van der Waals surface area contributed by atoms with Gasteiger partial charge in [-0.2, -0.15) is 5.26 Å². The Kier molecular flexibility index (Phi) is 5.27. The van der Waals surface area contributed by atoms with Gasteiger partial charge in [0.2, 0.25) is 0 Å². The molecule has 1 amide bonds. The second-order valence-corrected chi connectivity index (χ2v) is 4.49. The van der Waals surface area contributed by atoms with E-state index < -0.39 is 11.7 Å². The maximum Gasteiger partial charge on any atom is 0.263 e. The van der Waals surface area contributed by atoms with Gasteiger partial charge < -0.3 is 10.6 Å². The van der Waals surface area contributed by atoms with Gasteiger partial charge in [0.1, 0.15) is 17.5 Å². The SMILES string of the molecule is N#C/C(=C/Nc1cccc(F)c1)C(=O)NCc1ccccc1. The fourth-order valence-electron chi connectivity index (χ4n) is 1.76. The summed E-state index contributed by atoms with van der Waals surface area (Å²) in [7, 11) is 0. The van der Waals surface area contributed by atoms with Crippen molar-refractivity contribution in [1.29, 1.82) is 5.26 Å². The molecule has 2 N–H and O–H groups in total. The number of nitrogens with zero attached hydrogens (tertiary/aromatic N) is 1. The van der Waals surface area contributed by atoms with Crippen molar-refractivity contribution in [3.63, 3.8) is 0 Å². The summed E-state index contributed by atoms with van der Waals surface area (Å²) in [4.78, 5) is 11.9. The van der Waals surface area contributed by atoms with Crippen LogP contribution in [-0.4, -0.2) is 5.91 Å². The van der Waals surface area contributed by atoms with Gasteiger partial charge in [-0.25, -0.2) is 4.39 Å². The van der Waals surface area contributed by atoms with Crippen LogP contribution in [0.3, 0.4) is 0 Å². The Morgan fingerprint density at radius 2 is 1.95 bits per heavy atom. The summed E-state index contributed by atoms with van der Waals surface area (Å²) in [6.45, 7) is 0.332. The molecule has 2 aromatic carbocycles. The molecular weight excluding hydrogens is 281 g/mol. The summed E-state index contributed by atoms with van der Waals surface area (Å²) in [5.74, 6) is -0.888. The van der Waals surface area contributed by atoms with Crippen LogP contribution in [0.1, 0.15) is 5.56 Å². The van der Waals surface area contributed by atoms with Crippen LogP contribution in [-0.2, 0) is 11.3 Å². The standard InChI is InChI=1S/C17H14FN3O/c18-15-7-4-8-16(9-15)20-12-14(10-19)17(22)21-11-13-5-2-1-3-6-13/h1-9,12,20H,11H2,(H,21,22)/b14-12-.